The van der Waals surface area contributed by atoms with Crippen molar-refractivity contribution in [3.8, 4) is 5.75 Å². The maximum absolute atomic E-state index is 14.5. The molecule has 2 amide bonds. The molecule has 4 aromatic rings. The van der Waals surface area contributed by atoms with Crippen molar-refractivity contribution in [3.63, 3.8) is 0 Å². The number of piperidine rings is 1. The molecule has 2 saturated heterocycles. The number of nitrogens with zero attached hydrogens (tertiary/aromatic N) is 3. The normalized spacial score (nSPS) is 20.7. The Morgan fingerprint density at radius 2 is 1.42 bits per heavy atom. The van der Waals surface area contributed by atoms with Crippen LogP contribution >= 0.6 is 11.8 Å². The molecule has 1 unspecified atom stereocenters. The van der Waals surface area contributed by atoms with Gasteiger partial charge in [0, 0.05) is 24.3 Å². The van der Waals surface area contributed by atoms with Gasteiger partial charge in [0.1, 0.15) is 12.4 Å². The Hall–Kier alpha value is -4.07. The number of rotatable bonds is 8. The lowest BCUT2D eigenvalue weighted by atomic mass is 9.90. The minimum Gasteiger partial charge on any atom is -0.489 e. The minimum atomic E-state index is -1.11. The van der Waals surface area contributed by atoms with Gasteiger partial charge in [0.2, 0.25) is 10.8 Å². The Bertz CT molecular complexity index is 1590. The Balaban J connectivity index is 1.08. The van der Waals surface area contributed by atoms with E-state index in [1.54, 1.807) is 4.90 Å². The number of anilines is 2. The lowest BCUT2D eigenvalue weighted by molar-refractivity contribution is -0.124. The van der Waals surface area contributed by atoms with E-state index in [4.69, 9.17) is 4.74 Å². The Morgan fingerprint density at radius 1 is 0.767 bits per heavy atom. The van der Waals surface area contributed by atoms with Crippen molar-refractivity contribution in [3.05, 3.63) is 126 Å². The number of hydrogen-bond acceptors (Lipinski definition) is 5. The molecule has 6 nitrogen and oxygen atoms in total. The van der Waals surface area contributed by atoms with Crippen LogP contribution in [0, 0.1) is 5.92 Å². The Morgan fingerprint density at radius 3 is 2.14 bits per heavy atom. The van der Waals surface area contributed by atoms with E-state index in [0.29, 0.717) is 24.9 Å². The summed E-state index contributed by atoms with van der Waals surface area (Å²) in [7, 11) is 0. The van der Waals surface area contributed by atoms with Crippen LogP contribution in [-0.2, 0) is 27.5 Å². The molecule has 43 heavy (non-hydrogen) atoms. The third-order valence-electron chi connectivity index (χ3n) is 8.82. The molecule has 1 spiro atoms. The van der Waals surface area contributed by atoms with Gasteiger partial charge in [-0.05, 0) is 66.6 Å². The second-order valence-corrected chi connectivity index (χ2v) is 12.7. The lowest BCUT2D eigenvalue weighted by Crippen LogP contribution is -2.52. The number of ether oxygens (including phenoxy) is 1. The maximum Gasteiger partial charge on any atom is 0.269 e. The van der Waals surface area contributed by atoms with Gasteiger partial charge in [0.15, 0.2) is 0 Å². The standard InChI is InChI=1S/C36H35N3O3S/c40-34-25-43-36(39(34)30-15-17-31(18-16-30)42-24-29-11-5-2-6-12-29)32-13-7-8-14-33(32)38(35(36)41)26-37-21-19-28(20-22-37)23-27-9-3-1-4-10-27/h1-18,28H,19-26H2. The molecule has 0 saturated carbocycles. The number of carbonyl (C=O) groups is 2. The number of benzene rings is 4. The first-order valence-corrected chi connectivity index (χ1v) is 16.0. The van der Waals surface area contributed by atoms with E-state index in [-0.39, 0.29) is 17.6 Å². The Labute approximate surface area is 257 Å². The Kier molecular flexibility index (Phi) is 7.68. The molecule has 7 rings (SSSR count). The van der Waals surface area contributed by atoms with Gasteiger partial charge < -0.3 is 4.74 Å². The van der Waals surface area contributed by atoms with Gasteiger partial charge >= 0.3 is 0 Å². The zero-order valence-electron chi connectivity index (χ0n) is 24.1. The third-order valence-corrected chi connectivity index (χ3v) is 10.2. The lowest BCUT2D eigenvalue weighted by Gasteiger charge is -2.36. The van der Waals surface area contributed by atoms with Crippen molar-refractivity contribution in [2.45, 2.75) is 30.7 Å². The van der Waals surface area contributed by atoms with Gasteiger partial charge in [-0.15, -0.1) is 11.8 Å². The van der Waals surface area contributed by atoms with Gasteiger partial charge in [-0.1, -0.05) is 78.9 Å². The van der Waals surface area contributed by atoms with Crippen LogP contribution in [0.4, 0.5) is 11.4 Å². The van der Waals surface area contributed by atoms with Gasteiger partial charge in [-0.3, -0.25) is 24.3 Å². The monoisotopic (exact) mass is 589 g/mol. The van der Waals surface area contributed by atoms with Crippen molar-refractivity contribution in [2.24, 2.45) is 5.92 Å². The second-order valence-electron chi connectivity index (χ2n) is 11.6. The van der Waals surface area contributed by atoms with E-state index in [9.17, 15) is 9.59 Å². The molecule has 1 atom stereocenters. The summed E-state index contributed by atoms with van der Waals surface area (Å²) in [6.45, 7) is 2.91. The van der Waals surface area contributed by atoms with Crippen LogP contribution in [0.5, 0.6) is 5.75 Å². The summed E-state index contributed by atoms with van der Waals surface area (Å²) in [6, 6.07) is 36.3. The van der Waals surface area contributed by atoms with Crippen LogP contribution < -0.4 is 14.5 Å². The fraction of sp³-hybridized carbons (Fsp3) is 0.278. The molecule has 0 N–H and O–H groups in total. The summed E-state index contributed by atoms with van der Waals surface area (Å²) in [6.07, 6.45) is 3.33. The smallest absolute Gasteiger partial charge is 0.269 e. The zero-order valence-corrected chi connectivity index (χ0v) is 24.9. The largest absolute Gasteiger partial charge is 0.489 e. The summed E-state index contributed by atoms with van der Waals surface area (Å²) in [5.74, 6) is 1.53. The number of amides is 2. The highest BCUT2D eigenvalue weighted by molar-refractivity contribution is 8.02. The summed E-state index contributed by atoms with van der Waals surface area (Å²) in [4.78, 5) is 32.8. The van der Waals surface area contributed by atoms with Crippen LogP contribution in [0.15, 0.2) is 109 Å². The van der Waals surface area contributed by atoms with Crippen molar-refractivity contribution >= 4 is 35.0 Å². The highest BCUT2D eigenvalue weighted by atomic mass is 32.2. The van der Waals surface area contributed by atoms with Gasteiger partial charge in [0.25, 0.3) is 5.91 Å². The van der Waals surface area contributed by atoms with Crippen LogP contribution in [0.1, 0.15) is 29.5 Å². The predicted octanol–water partition coefficient (Wildman–Crippen LogP) is 6.46. The van der Waals surface area contributed by atoms with Crippen LogP contribution in [0.3, 0.4) is 0 Å². The molecule has 0 aromatic heterocycles. The number of carbonyl (C=O) groups excluding carboxylic acids is 2. The number of fused-ring (bicyclic) bond motifs is 2. The van der Waals surface area contributed by atoms with Crippen molar-refractivity contribution in [1.29, 1.82) is 0 Å². The quantitative estimate of drug-likeness (QED) is 0.236. The SMILES string of the molecule is O=C1CSC2(C(=O)N(CN3CCC(Cc4ccccc4)CC3)c3ccccc32)N1c1ccc(OCc2ccccc2)cc1. The van der Waals surface area contributed by atoms with Crippen molar-refractivity contribution in [1.82, 2.24) is 4.90 Å². The van der Waals surface area contributed by atoms with Gasteiger partial charge in [-0.2, -0.15) is 0 Å². The molecule has 3 aliphatic heterocycles. The molecule has 0 aliphatic carbocycles. The van der Waals surface area contributed by atoms with Crippen molar-refractivity contribution in [2.75, 3.05) is 35.3 Å². The van der Waals surface area contributed by atoms with Gasteiger partial charge in [0.05, 0.1) is 18.1 Å². The molecule has 2 fully saturated rings. The van der Waals surface area contributed by atoms with E-state index in [1.165, 1.54) is 17.3 Å². The van der Waals surface area contributed by atoms with E-state index in [1.807, 2.05) is 83.8 Å². The zero-order chi connectivity index (χ0) is 29.2. The molecular formula is C36H35N3O3S. The highest BCUT2D eigenvalue weighted by Gasteiger charge is 2.61. The molecule has 0 radical (unpaired) electrons. The van der Waals surface area contributed by atoms with E-state index < -0.39 is 4.87 Å². The summed E-state index contributed by atoms with van der Waals surface area (Å²) < 4.78 is 5.98. The number of likely N-dealkylation sites (tertiary alicyclic amines) is 1. The molecule has 3 aliphatic rings. The topological polar surface area (TPSA) is 53.1 Å². The highest BCUT2D eigenvalue weighted by Crippen LogP contribution is 2.55. The fourth-order valence-corrected chi connectivity index (χ4v) is 7.97. The molecular weight excluding hydrogens is 554 g/mol. The summed E-state index contributed by atoms with van der Waals surface area (Å²) in [5, 5.41) is 0. The molecule has 0 bridgehead atoms. The first-order chi connectivity index (χ1) is 21.1. The average molecular weight is 590 g/mol. The third kappa shape index (κ3) is 5.32. The first kappa shape index (κ1) is 27.7. The molecule has 7 heteroatoms. The second kappa shape index (κ2) is 11.9. The fourth-order valence-electron chi connectivity index (χ4n) is 6.61. The van der Waals surface area contributed by atoms with Crippen LogP contribution in [-0.4, -0.2) is 42.2 Å². The minimum absolute atomic E-state index is 0.0413. The van der Waals surface area contributed by atoms with E-state index in [2.05, 4.69) is 35.2 Å². The average Bonchev–Trinajstić information content (AvgIpc) is 3.52. The maximum atomic E-state index is 14.5. The van der Waals surface area contributed by atoms with E-state index in [0.717, 1.165) is 54.9 Å². The molecule has 3 heterocycles. The number of para-hydroxylation sites is 1. The number of hydrogen-bond donors (Lipinski definition) is 0. The van der Waals surface area contributed by atoms with Crippen LogP contribution in [0.2, 0.25) is 0 Å². The van der Waals surface area contributed by atoms with Crippen LogP contribution in [0.25, 0.3) is 0 Å². The van der Waals surface area contributed by atoms with E-state index >= 15 is 0 Å². The van der Waals surface area contributed by atoms with Crippen molar-refractivity contribution < 1.29 is 14.3 Å². The predicted molar refractivity (Wildman–Crippen MR) is 172 cm³/mol. The first-order valence-electron chi connectivity index (χ1n) is 15.0. The molecule has 4 aromatic carbocycles. The molecule has 218 valence electrons. The summed E-state index contributed by atoms with van der Waals surface area (Å²) >= 11 is 1.43. The summed E-state index contributed by atoms with van der Waals surface area (Å²) in [5.41, 5.74) is 4.97. The number of thioether (sulfide) groups is 1. The van der Waals surface area contributed by atoms with Gasteiger partial charge in [-0.25, -0.2) is 0 Å².